The van der Waals surface area contributed by atoms with Gasteiger partial charge in [0.05, 0.1) is 18.2 Å². The molecule has 0 saturated carbocycles. The number of esters is 1. The molecule has 0 spiro atoms. The Morgan fingerprint density at radius 2 is 1.53 bits per heavy atom. The van der Waals surface area contributed by atoms with Gasteiger partial charge in [-0.3, -0.25) is 9.69 Å². The zero-order valence-corrected chi connectivity index (χ0v) is 20.4. The second kappa shape index (κ2) is 9.71. The summed E-state index contributed by atoms with van der Waals surface area (Å²) in [5.74, 6) is -0.818. The van der Waals surface area contributed by atoms with Crippen molar-refractivity contribution >= 4 is 55.1 Å². The third-order valence-corrected chi connectivity index (χ3v) is 6.12. The van der Waals surface area contributed by atoms with Crippen LogP contribution in [0.5, 0.6) is 0 Å². The highest BCUT2D eigenvalue weighted by Gasteiger charge is 2.45. The Labute approximate surface area is 203 Å². The van der Waals surface area contributed by atoms with Crippen molar-refractivity contribution in [3.63, 3.8) is 0 Å². The number of hydrogen-bond acceptors (Lipinski definition) is 4. The lowest BCUT2D eigenvalue weighted by Gasteiger charge is -2.27. The van der Waals surface area contributed by atoms with Crippen LogP contribution < -0.4 is 10.2 Å². The molecule has 0 radical (unpaired) electrons. The van der Waals surface area contributed by atoms with Crippen molar-refractivity contribution in [2.24, 2.45) is 0 Å². The number of carbonyl (C=O) groups is 2. The van der Waals surface area contributed by atoms with E-state index in [0.29, 0.717) is 11.4 Å². The number of amides is 1. The van der Waals surface area contributed by atoms with Crippen molar-refractivity contribution in [2.75, 3.05) is 16.8 Å². The number of anilines is 2. The molecule has 1 aliphatic rings. The zero-order valence-electron chi connectivity index (χ0n) is 17.2. The van der Waals surface area contributed by atoms with E-state index in [1.54, 1.807) is 11.8 Å². The molecule has 0 bridgehead atoms. The number of ether oxygens (including phenoxy) is 1. The van der Waals surface area contributed by atoms with Crippen LogP contribution in [0.25, 0.3) is 0 Å². The second-order valence-electron chi connectivity index (χ2n) is 7.11. The van der Waals surface area contributed by atoms with Gasteiger partial charge < -0.3 is 10.1 Å². The molecular weight excluding hydrogens is 536 g/mol. The fraction of sp³-hybridized carbons (Fsp3) is 0.120. The van der Waals surface area contributed by atoms with Gasteiger partial charge in [-0.2, -0.15) is 0 Å². The largest absolute Gasteiger partial charge is 0.463 e. The molecule has 1 aliphatic heterocycles. The van der Waals surface area contributed by atoms with E-state index in [4.69, 9.17) is 4.74 Å². The SMILES string of the molecule is CCOC(=O)C1=C(Nc2ccc(Br)cc2)C(=O)N(c2ccc(Br)cc2)C1c1ccccc1. The van der Waals surface area contributed by atoms with Crippen molar-refractivity contribution in [2.45, 2.75) is 13.0 Å². The van der Waals surface area contributed by atoms with Gasteiger partial charge in [0.15, 0.2) is 0 Å². The van der Waals surface area contributed by atoms with Crippen LogP contribution in [-0.4, -0.2) is 18.5 Å². The molecule has 1 atom stereocenters. The summed E-state index contributed by atoms with van der Waals surface area (Å²) in [5.41, 5.74) is 2.69. The van der Waals surface area contributed by atoms with Crippen LogP contribution in [0.3, 0.4) is 0 Å². The van der Waals surface area contributed by atoms with E-state index in [9.17, 15) is 9.59 Å². The van der Waals surface area contributed by atoms with Crippen LogP contribution in [-0.2, 0) is 14.3 Å². The van der Waals surface area contributed by atoms with Gasteiger partial charge in [0, 0.05) is 20.3 Å². The van der Waals surface area contributed by atoms with Crippen molar-refractivity contribution < 1.29 is 14.3 Å². The normalized spacial score (nSPS) is 15.8. The van der Waals surface area contributed by atoms with Gasteiger partial charge >= 0.3 is 5.97 Å². The Hall–Kier alpha value is -2.90. The predicted molar refractivity (Wildman–Crippen MR) is 132 cm³/mol. The highest BCUT2D eigenvalue weighted by Crippen LogP contribution is 2.42. The Morgan fingerprint density at radius 3 is 2.12 bits per heavy atom. The van der Waals surface area contributed by atoms with Gasteiger partial charge in [-0.15, -0.1) is 0 Å². The fourth-order valence-electron chi connectivity index (χ4n) is 3.66. The molecule has 1 amide bonds. The number of carbonyl (C=O) groups excluding carboxylic acids is 2. The van der Waals surface area contributed by atoms with Crippen LogP contribution in [0.2, 0.25) is 0 Å². The van der Waals surface area contributed by atoms with Crippen LogP contribution in [0.4, 0.5) is 11.4 Å². The summed E-state index contributed by atoms with van der Waals surface area (Å²) in [6.45, 7) is 1.96. The molecule has 4 rings (SSSR count). The van der Waals surface area contributed by atoms with Crippen LogP contribution in [0.1, 0.15) is 18.5 Å². The molecule has 0 aromatic heterocycles. The lowest BCUT2D eigenvalue weighted by Crippen LogP contribution is -2.31. The molecule has 0 aliphatic carbocycles. The molecule has 1 unspecified atom stereocenters. The standard InChI is InChI=1S/C25H20Br2N2O3/c1-2-32-25(31)21-22(28-19-12-8-17(26)9-13-19)24(30)29(20-14-10-18(27)11-15-20)23(21)16-6-4-3-5-7-16/h3-15,23,28H,2H2,1H3. The molecule has 0 saturated heterocycles. The topological polar surface area (TPSA) is 58.6 Å². The minimum Gasteiger partial charge on any atom is -0.463 e. The van der Waals surface area contributed by atoms with E-state index in [2.05, 4.69) is 37.2 Å². The first-order valence-electron chi connectivity index (χ1n) is 10.1. The number of rotatable bonds is 6. The summed E-state index contributed by atoms with van der Waals surface area (Å²) < 4.78 is 7.20. The van der Waals surface area contributed by atoms with Gasteiger partial charge in [-0.25, -0.2) is 4.79 Å². The smallest absolute Gasteiger partial charge is 0.338 e. The first kappa shape index (κ1) is 22.3. The van der Waals surface area contributed by atoms with E-state index in [1.807, 2.05) is 78.9 Å². The number of benzene rings is 3. The Morgan fingerprint density at radius 1 is 0.938 bits per heavy atom. The lowest BCUT2D eigenvalue weighted by atomic mass is 9.98. The first-order chi connectivity index (χ1) is 15.5. The molecule has 162 valence electrons. The molecule has 5 nitrogen and oxygen atoms in total. The van der Waals surface area contributed by atoms with Crippen LogP contribution >= 0.6 is 31.9 Å². The Kier molecular flexibility index (Phi) is 6.77. The third-order valence-electron chi connectivity index (χ3n) is 5.06. The van der Waals surface area contributed by atoms with Gasteiger partial charge in [0.1, 0.15) is 5.70 Å². The lowest BCUT2D eigenvalue weighted by molar-refractivity contribution is -0.138. The van der Waals surface area contributed by atoms with Gasteiger partial charge in [-0.05, 0) is 61.0 Å². The highest BCUT2D eigenvalue weighted by atomic mass is 79.9. The summed E-state index contributed by atoms with van der Waals surface area (Å²) in [6.07, 6.45) is 0. The van der Waals surface area contributed by atoms with E-state index < -0.39 is 12.0 Å². The van der Waals surface area contributed by atoms with Gasteiger partial charge in [-0.1, -0.05) is 62.2 Å². The van der Waals surface area contributed by atoms with Crippen LogP contribution in [0, 0.1) is 0 Å². The quantitative estimate of drug-likeness (QED) is 0.366. The van der Waals surface area contributed by atoms with E-state index in [-0.39, 0.29) is 23.8 Å². The monoisotopic (exact) mass is 554 g/mol. The molecular formula is C25H20Br2N2O3. The van der Waals surface area contributed by atoms with Crippen molar-refractivity contribution in [3.8, 4) is 0 Å². The summed E-state index contributed by atoms with van der Waals surface area (Å²) in [4.78, 5) is 28.5. The predicted octanol–water partition coefficient (Wildman–Crippen LogP) is 6.23. The van der Waals surface area contributed by atoms with Crippen molar-refractivity contribution in [1.82, 2.24) is 0 Å². The Balaban J connectivity index is 1.88. The molecule has 7 heteroatoms. The maximum Gasteiger partial charge on any atom is 0.338 e. The van der Waals surface area contributed by atoms with Crippen molar-refractivity contribution in [3.05, 3.63) is 105 Å². The number of halogens is 2. The molecule has 1 N–H and O–H groups in total. The molecule has 32 heavy (non-hydrogen) atoms. The van der Waals surface area contributed by atoms with E-state index in [0.717, 1.165) is 14.5 Å². The first-order valence-corrected chi connectivity index (χ1v) is 11.7. The summed E-state index contributed by atoms with van der Waals surface area (Å²) in [6, 6.07) is 23.7. The minimum absolute atomic E-state index is 0.210. The van der Waals surface area contributed by atoms with Crippen LogP contribution in [0.15, 0.2) is 99.1 Å². The summed E-state index contributed by atoms with van der Waals surface area (Å²) in [7, 11) is 0. The fourth-order valence-corrected chi connectivity index (χ4v) is 4.19. The highest BCUT2D eigenvalue weighted by molar-refractivity contribution is 9.10. The molecule has 3 aromatic rings. The van der Waals surface area contributed by atoms with E-state index in [1.165, 1.54) is 0 Å². The number of nitrogens with one attached hydrogen (secondary N) is 1. The third kappa shape index (κ3) is 4.49. The average Bonchev–Trinajstić information content (AvgIpc) is 3.09. The van der Waals surface area contributed by atoms with Gasteiger partial charge in [0.25, 0.3) is 5.91 Å². The summed E-state index contributed by atoms with van der Waals surface area (Å²) in [5, 5.41) is 3.18. The molecule has 0 fully saturated rings. The number of nitrogens with zero attached hydrogens (tertiary/aromatic N) is 1. The second-order valence-corrected chi connectivity index (χ2v) is 8.94. The molecule has 1 heterocycles. The summed E-state index contributed by atoms with van der Waals surface area (Å²) >= 11 is 6.86. The van der Waals surface area contributed by atoms with Gasteiger partial charge in [0.2, 0.25) is 0 Å². The van der Waals surface area contributed by atoms with E-state index >= 15 is 0 Å². The van der Waals surface area contributed by atoms with Crippen molar-refractivity contribution in [1.29, 1.82) is 0 Å². The number of hydrogen-bond donors (Lipinski definition) is 1. The maximum atomic E-state index is 13.7. The Bertz CT molecular complexity index is 1160. The minimum atomic E-state index is -0.623. The average molecular weight is 556 g/mol. The molecule has 3 aromatic carbocycles. The zero-order chi connectivity index (χ0) is 22.7. The maximum absolute atomic E-state index is 13.7.